The van der Waals surface area contributed by atoms with E-state index in [1.54, 1.807) is 18.2 Å². The summed E-state index contributed by atoms with van der Waals surface area (Å²) >= 11 is 12.0. The smallest absolute Gasteiger partial charge is 0.157 e. The number of nitrogens with zero attached hydrogens (tertiary/aromatic N) is 1. The molecule has 0 saturated heterocycles. The zero-order valence-electron chi connectivity index (χ0n) is 9.17. The molecule has 2 rings (SSSR count). The van der Waals surface area contributed by atoms with Gasteiger partial charge in [0.05, 0.1) is 17.9 Å². The maximum absolute atomic E-state index is 12.1. The van der Waals surface area contributed by atoms with Gasteiger partial charge in [0, 0.05) is 10.0 Å². The maximum atomic E-state index is 12.1. The van der Waals surface area contributed by atoms with Crippen molar-refractivity contribution in [1.82, 2.24) is 0 Å². The monoisotopic (exact) mass is 267 g/mol. The van der Waals surface area contributed by atoms with Crippen LogP contribution in [0.4, 0.5) is 0 Å². The Balaban J connectivity index is 2.42. The third-order valence-corrected chi connectivity index (χ3v) is 3.97. The second kappa shape index (κ2) is 4.68. The lowest BCUT2D eigenvalue weighted by Gasteiger charge is -2.41. The van der Waals surface area contributed by atoms with Gasteiger partial charge in [0.2, 0.25) is 0 Å². The summed E-state index contributed by atoms with van der Waals surface area (Å²) < 4.78 is 0. The minimum Gasteiger partial charge on any atom is -0.298 e. The minimum atomic E-state index is -0.544. The van der Waals surface area contributed by atoms with E-state index in [-0.39, 0.29) is 12.2 Å². The Hall–Kier alpha value is -1.04. The third kappa shape index (κ3) is 2.06. The Bertz CT molecular complexity index is 501. The van der Waals surface area contributed by atoms with Gasteiger partial charge in [-0.3, -0.25) is 4.79 Å². The van der Waals surface area contributed by atoms with Crippen LogP contribution in [0, 0.1) is 11.3 Å². The molecule has 1 aliphatic rings. The molecular formula is C13H11Cl2NO. The van der Waals surface area contributed by atoms with Crippen molar-refractivity contribution >= 4 is 29.0 Å². The van der Waals surface area contributed by atoms with Gasteiger partial charge in [-0.15, -0.1) is 0 Å². The van der Waals surface area contributed by atoms with Crippen molar-refractivity contribution in [3.63, 3.8) is 0 Å². The molecule has 0 amide bonds. The van der Waals surface area contributed by atoms with Crippen molar-refractivity contribution in [3.8, 4) is 6.07 Å². The van der Waals surface area contributed by atoms with Crippen LogP contribution in [0.25, 0.3) is 0 Å². The molecule has 0 N–H and O–H groups in total. The first-order chi connectivity index (χ1) is 8.10. The molecule has 0 radical (unpaired) electrons. The highest BCUT2D eigenvalue weighted by atomic mass is 35.5. The molecule has 0 spiro atoms. The first-order valence-electron chi connectivity index (χ1n) is 5.46. The zero-order valence-corrected chi connectivity index (χ0v) is 10.7. The van der Waals surface area contributed by atoms with Gasteiger partial charge in [-0.1, -0.05) is 35.7 Å². The average molecular weight is 268 g/mol. The van der Waals surface area contributed by atoms with Crippen molar-refractivity contribution < 1.29 is 4.79 Å². The van der Waals surface area contributed by atoms with Crippen LogP contribution in [0.5, 0.6) is 0 Å². The summed E-state index contributed by atoms with van der Waals surface area (Å²) in [7, 11) is 0. The summed E-state index contributed by atoms with van der Waals surface area (Å²) in [5.74, 6) is -0.0320. The number of Topliss-reactive ketones (excluding diaryl/α,β-unsaturated/α-hetero) is 1. The molecular weight excluding hydrogens is 257 g/mol. The number of nitriles is 1. The molecule has 0 atom stereocenters. The molecule has 0 bridgehead atoms. The molecule has 0 aromatic heterocycles. The summed E-state index contributed by atoms with van der Waals surface area (Å²) in [4.78, 5) is 12.1. The molecule has 0 aliphatic heterocycles. The molecule has 88 valence electrons. The lowest BCUT2D eigenvalue weighted by atomic mass is 9.61. The Kier molecular flexibility index (Phi) is 3.42. The van der Waals surface area contributed by atoms with Crippen LogP contribution >= 0.6 is 23.2 Å². The molecule has 0 heterocycles. The van der Waals surface area contributed by atoms with E-state index < -0.39 is 5.41 Å². The van der Waals surface area contributed by atoms with Crippen LogP contribution in [0.2, 0.25) is 10.0 Å². The summed E-state index contributed by atoms with van der Waals surface area (Å²) in [5.41, 5.74) is 0.271. The lowest BCUT2D eigenvalue weighted by molar-refractivity contribution is -0.126. The topological polar surface area (TPSA) is 40.9 Å². The summed E-state index contributed by atoms with van der Waals surface area (Å²) in [6, 6.07) is 7.12. The quantitative estimate of drug-likeness (QED) is 0.834. The first-order valence-corrected chi connectivity index (χ1v) is 6.21. The second-order valence-electron chi connectivity index (χ2n) is 4.32. The van der Waals surface area contributed by atoms with E-state index in [1.165, 1.54) is 0 Å². The highest BCUT2D eigenvalue weighted by Crippen LogP contribution is 2.47. The van der Waals surface area contributed by atoms with Crippen molar-refractivity contribution in [2.24, 2.45) is 0 Å². The fraction of sp³-hybridized carbons (Fsp3) is 0.385. The van der Waals surface area contributed by atoms with Crippen molar-refractivity contribution in [2.45, 2.75) is 31.1 Å². The normalized spacial score (nSPS) is 17.0. The van der Waals surface area contributed by atoms with Crippen LogP contribution in [0.1, 0.15) is 31.2 Å². The van der Waals surface area contributed by atoms with Gasteiger partial charge in [-0.25, -0.2) is 0 Å². The van der Waals surface area contributed by atoms with E-state index in [1.807, 2.05) is 6.07 Å². The number of ketones is 1. The number of carbonyl (C=O) groups excluding carboxylic acids is 1. The molecule has 17 heavy (non-hydrogen) atoms. The van der Waals surface area contributed by atoms with Crippen LogP contribution in [0.15, 0.2) is 18.2 Å². The van der Waals surface area contributed by atoms with Gasteiger partial charge in [-0.2, -0.15) is 5.26 Å². The molecule has 1 aromatic rings. The third-order valence-electron chi connectivity index (χ3n) is 3.43. The average Bonchev–Trinajstić information content (AvgIpc) is 2.20. The number of rotatable bonds is 3. The SMILES string of the molecule is N#CCC(=O)C1(c2ccc(Cl)cc2Cl)CCC1. The Labute approximate surface area is 110 Å². The predicted octanol–water partition coefficient (Wildman–Crippen LogP) is 3.90. The van der Waals surface area contributed by atoms with E-state index in [4.69, 9.17) is 28.5 Å². The number of benzene rings is 1. The van der Waals surface area contributed by atoms with E-state index >= 15 is 0 Å². The standard InChI is InChI=1S/C13H11Cl2NO/c14-9-2-3-10(11(15)8-9)13(5-1-6-13)12(17)4-7-16/h2-3,8H,1,4-6H2. The number of hydrogen-bond acceptors (Lipinski definition) is 2. The largest absolute Gasteiger partial charge is 0.298 e. The molecule has 1 aromatic carbocycles. The van der Waals surface area contributed by atoms with Gasteiger partial charge >= 0.3 is 0 Å². The predicted molar refractivity (Wildman–Crippen MR) is 67.2 cm³/mol. The van der Waals surface area contributed by atoms with Gasteiger partial charge in [-0.05, 0) is 30.5 Å². The van der Waals surface area contributed by atoms with Crippen molar-refractivity contribution in [3.05, 3.63) is 33.8 Å². The molecule has 2 nitrogen and oxygen atoms in total. The Morgan fingerprint density at radius 2 is 2.12 bits per heavy atom. The molecule has 0 unspecified atom stereocenters. The van der Waals surface area contributed by atoms with E-state index in [9.17, 15) is 4.79 Å². The van der Waals surface area contributed by atoms with E-state index in [0.717, 1.165) is 24.8 Å². The molecule has 1 fully saturated rings. The molecule has 4 heteroatoms. The fourth-order valence-electron chi connectivity index (χ4n) is 2.35. The Morgan fingerprint density at radius 3 is 2.59 bits per heavy atom. The number of halogens is 2. The fourth-order valence-corrected chi connectivity index (χ4v) is 2.94. The first kappa shape index (κ1) is 12.4. The highest BCUT2D eigenvalue weighted by molar-refractivity contribution is 6.35. The van der Waals surface area contributed by atoms with Crippen molar-refractivity contribution in [1.29, 1.82) is 5.26 Å². The van der Waals surface area contributed by atoms with Crippen LogP contribution < -0.4 is 0 Å². The minimum absolute atomic E-state index is 0.0320. The van der Waals surface area contributed by atoms with Crippen molar-refractivity contribution in [2.75, 3.05) is 0 Å². The van der Waals surface area contributed by atoms with Crippen LogP contribution in [0.3, 0.4) is 0 Å². The highest BCUT2D eigenvalue weighted by Gasteiger charge is 2.45. The molecule has 1 aliphatic carbocycles. The van der Waals surface area contributed by atoms with E-state index in [2.05, 4.69) is 0 Å². The maximum Gasteiger partial charge on any atom is 0.157 e. The number of carbonyl (C=O) groups is 1. The zero-order chi connectivity index (χ0) is 12.5. The van der Waals surface area contributed by atoms with Crippen LogP contribution in [-0.2, 0) is 10.2 Å². The van der Waals surface area contributed by atoms with Gasteiger partial charge in [0.15, 0.2) is 5.78 Å². The van der Waals surface area contributed by atoms with Crippen LogP contribution in [-0.4, -0.2) is 5.78 Å². The summed E-state index contributed by atoms with van der Waals surface area (Å²) in [6.07, 6.45) is 2.48. The summed E-state index contributed by atoms with van der Waals surface area (Å²) in [5, 5.41) is 9.73. The van der Waals surface area contributed by atoms with Gasteiger partial charge in [0.25, 0.3) is 0 Å². The van der Waals surface area contributed by atoms with E-state index in [0.29, 0.717) is 10.0 Å². The number of hydrogen-bond donors (Lipinski definition) is 0. The second-order valence-corrected chi connectivity index (χ2v) is 5.16. The lowest BCUT2D eigenvalue weighted by Crippen LogP contribution is -2.42. The van der Waals surface area contributed by atoms with Gasteiger partial charge < -0.3 is 0 Å². The summed E-state index contributed by atoms with van der Waals surface area (Å²) in [6.45, 7) is 0. The Morgan fingerprint density at radius 1 is 1.41 bits per heavy atom. The molecule has 1 saturated carbocycles. The van der Waals surface area contributed by atoms with Gasteiger partial charge in [0.1, 0.15) is 0 Å².